The van der Waals surface area contributed by atoms with Crippen LogP contribution in [-0.2, 0) is 0 Å². The molecule has 1 heterocycles. The van der Waals surface area contributed by atoms with Crippen LogP contribution < -0.4 is 4.74 Å². The van der Waals surface area contributed by atoms with E-state index in [0.717, 1.165) is 0 Å². The molecule has 1 aromatic rings. The van der Waals surface area contributed by atoms with Gasteiger partial charge in [0.25, 0.3) is 0 Å². The molecule has 0 aromatic carbocycles. The summed E-state index contributed by atoms with van der Waals surface area (Å²) in [5.41, 5.74) is 1.05. The number of hydrogen-bond acceptors (Lipinski definition) is 2. The second kappa shape index (κ2) is 3.76. The summed E-state index contributed by atoms with van der Waals surface area (Å²) in [5, 5.41) is 0. The van der Waals surface area contributed by atoms with Crippen molar-refractivity contribution in [2.45, 2.75) is 20.2 Å². The number of halogens is 4. The summed E-state index contributed by atoms with van der Waals surface area (Å²) in [6, 6.07) is 0. The molecular formula is C8H7BrF3NO. The lowest BCUT2D eigenvalue weighted by atomic mass is 10.2. The first-order valence-corrected chi connectivity index (χ1v) is 4.48. The van der Waals surface area contributed by atoms with Gasteiger partial charge in [0.15, 0.2) is 0 Å². The third-order valence-corrected chi connectivity index (χ3v) is 2.55. The van der Waals surface area contributed by atoms with Gasteiger partial charge >= 0.3 is 6.36 Å². The molecule has 14 heavy (non-hydrogen) atoms. The maximum atomic E-state index is 11.9. The molecule has 78 valence electrons. The van der Waals surface area contributed by atoms with Gasteiger partial charge in [0, 0.05) is 16.2 Å². The van der Waals surface area contributed by atoms with Crippen molar-refractivity contribution in [1.82, 2.24) is 4.98 Å². The first-order chi connectivity index (χ1) is 6.31. The summed E-state index contributed by atoms with van der Waals surface area (Å²) in [4.78, 5) is 3.53. The zero-order valence-corrected chi connectivity index (χ0v) is 9.03. The summed E-state index contributed by atoms with van der Waals surface area (Å²) in [6.07, 6.45) is -3.42. The molecule has 0 saturated carbocycles. The van der Waals surface area contributed by atoms with Crippen molar-refractivity contribution >= 4 is 15.9 Å². The van der Waals surface area contributed by atoms with Crippen molar-refractivity contribution in [2.24, 2.45) is 0 Å². The van der Waals surface area contributed by atoms with E-state index in [1.807, 2.05) is 0 Å². The Labute approximate surface area is 87.2 Å². The van der Waals surface area contributed by atoms with E-state index in [1.54, 1.807) is 6.92 Å². The summed E-state index contributed by atoms with van der Waals surface area (Å²) in [6.45, 7) is 3.21. The first-order valence-electron chi connectivity index (χ1n) is 3.68. The number of nitrogens with zero attached hydrogens (tertiary/aromatic N) is 1. The fourth-order valence-electron chi connectivity index (χ4n) is 0.861. The number of pyridine rings is 1. The SMILES string of the molecule is Cc1c(Br)cnc(OC(F)(F)F)c1C. The molecule has 0 aliphatic carbocycles. The van der Waals surface area contributed by atoms with Crippen LogP contribution in [-0.4, -0.2) is 11.3 Å². The lowest BCUT2D eigenvalue weighted by molar-refractivity contribution is -0.276. The summed E-state index contributed by atoms with van der Waals surface area (Å²) in [5.74, 6) is -0.404. The minimum atomic E-state index is -4.70. The quantitative estimate of drug-likeness (QED) is 0.780. The van der Waals surface area contributed by atoms with Gasteiger partial charge < -0.3 is 4.74 Å². The molecule has 0 saturated heterocycles. The van der Waals surface area contributed by atoms with Crippen molar-refractivity contribution in [3.05, 3.63) is 21.8 Å². The van der Waals surface area contributed by atoms with E-state index >= 15 is 0 Å². The number of alkyl halides is 3. The maximum absolute atomic E-state index is 11.9. The van der Waals surface area contributed by atoms with Gasteiger partial charge in [-0.3, -0.25) is 0 Å². The number of ether oxygens (including phenoxy) is 1. The average molecular weight is 270 g/mol. The highest BCUT2D eigenvalue weighted by atomic mass is 79.9. The van der Waals surface area contributed by atoms with Crippen LogP contribution in [0.25, 0.3) is 0 Å². The minimum absolute atomic E-state index is 0.372. The number of aromatic nitrogens is 1. The fourth-order valence-corrected chi connectivity index (χ4v) is 1.26. The smallest absolute Gasteiger partial charge is 0.388 e. The van der Waals surface area contributed by atoms with Crippen molar-refractivity contribution in [3.8, 4) is 5.88 Å². The molecule has 0 aliphatic rings. The molecule has 0 N–H and O–H groups in total. The zero-order chi connectivity index (χ0) is 10.9. The summed E-state index contributed by atoms with van der Waals surface area (Å²) >= 11 is 3.16. The van der Waals surface area contributed by atoms with E-state index in [4.69, 9.17) is 0 Å². The van der Waals surface area contributed by atoms with Crippen LogP contribution in [0.5, 0.6) is 5.88 Å². The van der Waals surface area contributed by atoms with Gasteiger partial charge in [-0.15, -0.1) is 13.2 Å². The first kappa shape index (κ1) is 11.3. The number of rotatable bonds is 1. The summed E-state index contributed by atoms with van der Waals surface area (Å²) < 4.78 is 40.0. The predicted molar refractivity (Wildman–Crippen MR) is 48.1 cm³/mol. The predicted octanol–water partition coefficient (Wildman–Crippen LogP) is 3.36. The lowest BCUT2D eigenvalue weighted by Crippen LogP contribution is -2.18. The summed E-state index contributed by atoms with van der Waals surface area (Å²) in [7, 11) is 0. The molecule has 0 atom stereocenters. The highest BCUT2D eigenvalue weighted by molar-refractivity contribution is 9.10. The van der Waals surface area contributed by atoms with Crippen molar-refractivity contribution in [2.75, 3.05) is 0 Å². The second-order valence-corrected chi connectivity index (χ2v) is 3.56. The molecule has 0 fully saturated rings. The maximum Gasteiger partial charge on any atom is 0.574 e. The molecule has 0 aliphatic heterocycles. The van der Waals surface area contributed by atoms with Gasteiger partial charge in [0.05, 0.1) is 0 Å². The van der Waals surface area contributed by atoms with E-state index < -0.39 is 12.2 Å². The molecule has 0 radical (unpaired) electrons. The van der Waals surface area contributed by atoms with Crippen LogP contribution in [0.2, 0.25) is 0 Å². The molecule has 1 aromatic heterocycles. The third kappa shape index (κ3) is 2.60. The van der Waals surface area contributed by atoms with Crippen LogP contribution in [0.4, 0.5) is 13.2 Å². The van der Waals surface area contributed by atoms with E-state index in [1.165, 1.54) is 13.1 Å². The van der Waals surface area contributed by atoms with Gasteiger partial charge in [-0.05, 0) is 35.3 Å². The lowest BCUT2D eigenvalue weighted by Gasteiger charge is -2.12. The Hall–Kier alpha value is -0.780. The zero-order valence-electron chi connectivity index (χ0n) is 7.44. The Morgan fingerprint density at radius 3 is 2.36 bits per heavy atom. The van der Waals surface area contributed by atoms with Crippen LogP contribution in [0, 0.1) is 13.8 Å². The largest absolute Gasteiger partial charge is 0.574 e. The molecule has 0 amide bonds. The van der Waals surface area contributed by atoms with Crippen molar-refractivity contribution in [1.29, 1.82) is 0 Å². The van der Waals surface area contributed by atoms with Gasteiger partial charge in [0.2, 0.25) is 5.88 Å². The van der Waals surface area contributed by atoms with Gasteiger partial charge in [-0.25, -0.2) is 4.98 Å². The van der Waals surface area contributed by atoms with E-state index in [2.05, 4.69) is 25.7 Å². The minimum Gasteiger partial charge on any atom is -0.388 e. The second-order valence-electron chi connectivity index (χ2n) is 2.71. The Balaban J connectivity index is 3.06. The van der Waals surface area contributed by atoms with Gasteiger partial charge in [-0.1, -0.05) is 0 Å². The molecular weight excluding hydrogens is 263 g/mol. The van der Waals surface area contributed by atoms with Crippen LogP contribution in [0.3, 0.4) is 0 Å². The topological polar surface area (TPSA) is 22.1 Å². The molecule has 0 spiro atoms. The van der Waals surface area contributed by atoms with Crippen LogP contribution in [0.15, 0.2) is 10.7 Å². The number of hydrogen-bond donors (Lipinski definition) is 0. The highest BCUT2D eigenvalue weighted by Gasteiger charge is 2.32. The molecule has 0 bridgehead atoms. The average Bonchev–Trinajstić information content (AvgIpc) is 2.04. The molecule has 1 rings (SSSR count). The molecule has 0 unspecified atom stereocenters. The Morgan fingerprint density at radius 2 is 1.86 bits per heavy atom. The standard InChI is InChI=1S/C8H7BrF3NO/c1-4-5(2)7(13-3-6(4)9)14-8(10,11)12/h3H,1-2H3. The molecule has 6 heteroatoms. The van der Waals surface area contributed by atoms with Crippen LogP contribution in [0.1, 0.15) is 11.1 Å². The van der Waals surface area contributed by atoms with Gasteiger partial charge in [-0.2, -0.15) is 0 Å². The highest BCUT2D eigenvalue weighted by Crippen LogP contribution is 2.28. The van der Waals surface area contributed by atoms with Crippen molar-refractivity contribution < 1.29 is 17.9 Å². The Bertz CT molecular complexity index is 351. The van der Waals surface area contributed by atoms with E-state index in [9.17, 15) is 13.2 Å². The molecule has 2 nitrogen and oxygen atoms in total. The van der Waals surface area contributed by atoms with E-state index in [0.29, 0.717) is 15.6 Å². The van der Waals surface area contributed by atoms with Gasteiger partial charge in [0.1, 0.15) is 0 Å². The monoisotopic (exact) mass is 269 g/mol. The third-order valence-electron chi connectivity index (χ3n) is 1.75. The fraction of sp³-hybridized carbons (Fsp3) is 0.375. The Morgan fingerprint density at radius 1 is 1.29 bits per heavy atom. The van der Waals surface area contributed by atoms with Crippen LogP contribution >= 0.6 is 15.9 Å². The van der Waals surface area contributed by atoms with E-state index in [-0.39, 0.29) is 0 Å². The normalized spacial score (nSPS) is 11.6. The Kier molecular flexibility index (Phi) is 3.04. The van der Waals surface area contributed by atoms with Crippen molar-refractivity contribution in [3.63, 3.8) is 0 Å².